The molecule has 0 bridgehead atoms. The molecule has 5 aliphatic rings. The molecule has 1 N–H and O–H groups in total. The third kappa shape index (κ3) is 2.32. The summed E-state index contributed by atoms with van der Waals surface area (Å²) in [5.74, 6) is 3.79. The van der Waals surface area contributed by atoms with Crippen LogP contribution < -0.4 is 5.32 Å². The molecule has 0 amide bonds. The molecule has 1 aliphatic carbocycles. The molecule has 3 nitrogen and oxygen atoms in total. The van der Waals surface area contributed by atoms with E-state index in [2.05, 4.69) is 16.4 Å². The van der Waals surface area contributed by atoms with E-state index in [1.807, 2.05) is 11.8 Å². The molecule has 4 aliphatic heterocycles. The van der Waals surface area contributed by atoms with Gasteiger partial charge in [0, 0.05) is 40.2 Å². The van der Waals surface area contributed by atoms with Crippen LogP contribution in [-0.4, -0.2) is 30.3 Å². The van der Waals surface area contributed by atoms with Gasteiger partial charge in [0.2, 0.25) is 0 Å². The molecular weight excluding hydrogens is 304 g/mol. The SMILES string of the molecule is [2H]C([2H])([2H])C1=NC2OC3=C(C4NCC=C5SCCC54)CCC[C@H]3C2CC1. The number of allylic oxidation sites excluding steroid dienone is 1. The summed E-state index contributed by atoms with van der Waals surface area (Å²) < 4.78 is 29.4. The Morgan fingerprint density at radius 3 is 3.26 bits per heavy atom. The molecule has 2 saturated heterocycles. The lowest BCUT2D eigenvalue weighted by molar-refractivity contribution is 0.127. The fourth-order valence-corrected chi connectivity index (χ4v) is 6.45. The van der Waals surface area contributed by atoms with Gasteiger partial charge in [-0.05, 0) is 61.6 Å². The van der Waals surface area contributed by atoms with Gasteiger partial charge in [0.25, 0.3) is 0 Å². The molecule has 5 rings (SSSR count). The number of hydrogen-bond acceptors (Lipinski definition) is 4. The molecule has 0 spiro atoms. The van der Waals surface area contributed by atoms with Crippen LogP contribution in [0.25, 0.3) is 0 Å². The highest BCUT2D eigenvalue weighted by atomic mass is 32.2. The lowest BCUT2D eigenvalue weighted by atomic mass is 9.75. The van der Waals surface area contributed by atoms with Gasteiger partial charge >= 0.3 is 0 Å². The van der Waals surface area contributed by atoms with Crippen LogP contribution in [0.1, 0.15) is 49.5 Å². The van der Waals surface area contributed by atoms with Gasteiger partial charge in [-0.3, -0.25) is 4.99 Å². The number of nitrogens with one attached hydrogen (secondary N) is 1. The molecule has 0 aromatic heterocycles. The van der Waals surface area contributed by atoms with Gasteiger partial charge in [-0.25, -0.2) is 0 Å². The minimum atomic E-state index is -2.08. The standard InChI is InChI=1S/C19H26N2OS/c1-11-5-6-13-12-3-2-4-15(18(12)22-19(13)21-11)17-14-8-10-23-16(14)7-9-20-17/h7,12-14,17,19-20H,2-6,8-10H2,1H3/t12-,13?,14?,17?,19?/m0/s1/i1D3. The van der Waals surface area contributed by atoms with Gasteiger partial charge in [0.05, 0.1) is 0 Å². The van der Waals surface area contributed by atoms with E-state index in [0.29, 0.717) is 35.9 Å². The van der Waals surface area contributed by atoms with Crippen molar-refractivity contribution in [3.05, 3.63) is 22.3 Å². The van der Waals surface area contributed by atoms with E-state index in [-0.39, 0.29) is 6.23 Å². The molecule has 2 fully saturated rings. The molecule has 0 aromatic rings. The summed E-state index contributed by atoms with van der Waals surface area (Å²) >= 11 is 2.02. The Bertz CT molecular complexity index is 699. The first-order valence-corrected chi connectivity index (χ1v) is 10.0. The summed E-state index contributed by atoms with van der Waals surface area (Å²) in [6.45, 7) is -1.13. The zero-order valence-electron chi connectivity index (χ0n) is 16.4. The van der Waals surface area contributed by atoms with Gasteiger partial charge < -0.3 is 10.1 Å². The van der Waals surface area contributed by atoms with Crippen LogP contribution in [0.5, 0.6) is 0 Å². The van der Waals surface area contributed by atoms with Crippen LogP contribution in [0.3, 0.4) is 0 Å². The first kappa shape index (κ1) is 11.8. The van der Waals surface area contributed by atoms with Crippen molar-refractivity contribution in [1.29, 1.82) is 0 Å². The summed E-state index contributed by atoms with van der Waals surface area (Å²) in [5.41, 5.74) is 1.81. The van der Waals surface area contributed by atoms with Gasteiger partial charge in [0.1, 0.15) is 5.76 Å². The average molecular weight is 334 g/mol. The number of aliphatic imine (C=N–C) groups is 1. The van der Waals surface area contributed by atoms with Crippen molar-refractivity contribution in [1.82, 2.24) is 5.32 Å². The quantitative estimate of drug-likeness (QED) is 0.791. The first-order valence-electron chi connectivity index (χ1n) is 10.6. The molecule has 4 heterocycles. The number of nitrogens with zero attached hydrogens (tertiary/aromatic N) is 1. The van der Waals surface area contributed by atoms with Crippen molar-refractivity contribution in [2.24, 2.45) is 22.7 Å². The average Bonchev–Trinajstić information content (AvgIpc) is 3.24. The van der Waals surface area contributed by atoms with Gasteiger partial charge in [0.15, 0.2) is 6.23 Å². The summed E-state index contributed by atoms with van der Waals surface area (Å²) in [6, 6.07) is 0.397. The Kier molecular flexibility index (Phi) is 2.89. The predicted molar refractivity (Wildman–Crippen MR) is 95.5 cm³/mol. The second-order valence-electron chi connectivity index (χ2n) is 7.41. The van der Waals surface area contributed by atoms with Gasteiger partial charge in [-0.1, -0.05) is 6.08 Å². The fraction of sp³-hybridized carbons (Fsp3) is 0.737. The van der Waals surface area contributed by atoms with Crippen molar-refractivity contribution in [2.75, 3.05) is 12.3 Å². The lowest BCUT2D eigenvalue weighted by Gasteiger charge is -2.35. The van der Waals surface area contributed by atoms with E-state index in [4.69, 9.17) is 8.85 Å². The maximum absolute atomic E-state index is 7.68. The number of fused-ring (bicyclic) bond motifs is 4. The van der Waals surface area contributed by atoms with Crippen LogP contribution in [0.2, 0.25) is 0 Å². The minimum Gasteiger partial charge on any atom is -0.472 e. The predicted octanol–water partition coefficient (Wildman–Crippen LogP) is 3.88. The molecule has 0 radical (unpaired) electrons. The Morgan fingerprint density at radius 1 is 1.30 bits per heavy atom. The highest BCUT2D eigenvalue weighted by molar-refractivity contribution is 8.03. The number of ether oxygens (including phenoxy) is 1. The van der Waals surface area contributed by atoms with Crippen LogP contribution in [-0.2, 0) is 4.74 Å². The highest BCUT2D eigenvalue weighted by Crippen LogP contribution is 2.51. The Labute approximate surface area is 147 Å². The lowest BCUT2D eigenvalue weighted by Crippen LogP contribution is -2.42. The van der Waals surface area contributed by atoms with Gasteiger partial charge in [-0.15, -0.1) is 11.8 Å². The molecule has 4 heteroatoms. The first-order chi connectivity index (χ1) is 12.5. The van der Waals surface area contributed by atoms with Crippen molar-refractivity contribution in [2.45, 2.75) is 57.6 Å². The molecule has 0 saturated carbocycles. The summed E-state index contributed by atoms with van der Waals surface area (Å²) in [4.78, 5) is 6.10. The summed E-state index contributed by atoms with van der Waals surface area (Å²) in [5, 5.41) is 3.73. The van der Waals surface area contributed by atoms with Crippen molar-refractivity contribution >= 4 is 17.5 Å². The Morgan fingerprint density at radius 2 is 2.30 bits per heavy atom. The van der Waals surface area contributed by atoms with E-state index >= 15 is 0 Å². The Balaban J connectivity index is 1.47. The van der Waals surface area contributed by atoms with E-state index in [9.17, 15) is 0 Å². The van der Waals surface area contributed by atoms with Crippen LogP contribution >= 0.6 is 11.8 Å². The second-order valence-corrected chi connectivity index (χ2v) is 8.58. The van der Waals surface area contributed by atoms with Crippen LogP contribution in [0.15, 0.2) is 27.3 Å². The highest BCUT2D eigenvalue weighted by Gasteiger charge is 2.47. The number of thioether (sulfide) groups is 1. The third-order valence-corrected chi connectivity index (χ3v) is 7.47. The Hall–Kier alpha value is -0.740. The van der Waals surface area contributed by atoms with E-state index in [0.717, 1.165) is 31.6 Å². The zero-order valence-corrected chi connectivity index (χ0v) is 14.2. The van der Waals surface area contributed by atoms with E-state index < -0.39 is 6.85 Å². The zero-order chi connectivity index (χ0) is 17.9. The fourth-order valence-electron chi connectivity index (χ4n) is 5.18. The van der Waals surface area contributed by atoms with Crippen LogP contribution in [0, 0.1) is 17.8 Å². The number of hydrogen-bond donors (Lipinski definition) is 1. The minimum absolute atomic E-state index is 0.274. The third-order valence-electron chi connectivity index (χ3n) is 6.22. The van der Waals surface area contributed by atoms with Crippen molar-refractivity contribution in [3.63, 3.8) is 0 Å². The monoisotopic (exact) mass is 333 g/mol. The topological polar surface area (TPSA) is 33.6 Å². The normalized spacial score (nSPS) is 44.9. The molecule has 0 aromatic carbocycles. The maximum Gasteiger partial charge on any atom is 0.192 e. The molecule has 23 heavy (non-hydrogen) atoms. The van der Waals surface area contributed by atoms with E-state index in [1.54, 1.807) is 4.91 Å². The van der Waals surface area contributed by atoms with Crippen LogP contribution in [0.4, 0.5) is 0 Å². The van der Waals surface area contributed by atoms with Gasteiger partial charge in [-0.2, -0.15) is 0 Å². The molecule has 5 atom stereocenters. The smallest absolute Gasteiger partial charge is 0.192 e. The molecular formula is C19H26N2OS. The van der Waals surface area contributed by atoms with E-state index in [1.165, 1.54) is 24.2 Å². The maximum atomic E-state index is 7.68. The molecule has 4 unspecified atom stereocenters. The molecule has 124 valence electrons. The summed E-state index contributed by atoms with van der Waals surface area (Å²) in [7, 11) is 0. The largest absolute Gasteiger partial charge is 0.472 e. The van der Waals surface area contributed by atoms with Crippen molar-refractivity contribution < 1.29 is 8.85 Å². The summed E-state index contributed by atoms with van der Waals surface area (Å²) in [6.07, 6.45) is 8.28. The van der Waals surface area contributed by atoms with Crippen molar-refractivity contribution in [3.8, 4) is 0 Å². The second kappa shape index (κ2) is 5.66. The number of rotatable bonds is 1.